The molecule has 3 N–H and O–H groups in total. The molecule has 0 spiro atoms. The van der Waals surface area contributed by atoms with Crippen molar-refractivity contribution in [1.82, 2.24) is 15.3 Å². The summed E-state index contributed by atoms with van der Waals surface area (Å²) in [6.45, 7) is 3.17. The highest BCUT2D eigenvalue weighted by Gasteiger charge is 2.29. The highest BCUT2D eigenvalue weighted by Crippen LogP contribution is 2.26. The Morgan fingerprint density at radius 3 is 2.40 bits per heavy atom. The van der Waals surface area contributed by atoms with E-state index >= 15 is 0 Å². The molecule has 156 valence electrons. The van der Waals surface area contributed by atoms with Gasteiger partial charge in [-0.05, 0) is 61.2 Å². The van der Waals surface area contributed by atoms with Gasteiger partial charge in [0, 0.05) is 29.0 Å². The van der Waals surface area contributed by atoms with E-state index in [1.54, 1.807) is 0 Å². The summed E-state index contributed by atoms with van der Waals surface area (Å²) in [5.41, 5.74) is 2.05. The van der Waals surface area contributed by atoms with E-state index in [1.165, 1.54) is 11.6 Å². The number of H-pyrrole nitrogens is 2. The zero-order valence-electron chi connectivity index (χ0n) is 16.6. The third kappa shape index (κ3) is 5.20. The number of aromatic amines is 2. The molecule has 2 atom stereocenters. The fourth-order valence-corrected chi connectivity index (χ4v) is 4.29. The third-order valence-electron chi connectivity index (χ3n) is 5.64. The highest BCUT2D eigenvalue weighted by atomic mass is 35.5. The molecule has 0 radical (unpaired) electrons. The normalized spacial score (nSPS) is 18.4. The minimum Gasteiger partial charge on any atom is -0.365 e. The van der Waals surface area contributed by atoms with Gasteiger partial charge in [0.05, 0.1) is 6.54 Å². The summed E-state index contributed by atoms with van der Waals surface area (Å²) in [6, 6.07) is 19.7. The first kappa shape index (κ1) is 20.4. The first-order valence-corrected chi connectivity index (χ1v) is 10.5. The number of benzene rings is 2. The van der Waals surface area contributed by atoms with E-state index in [1.807, 2.05) is 30.3 Å². The van der Waals surface area contributed by atoms with Gasteiger partial charge >= 0.3 is 5.69 Å². The molecule has 6 nitrogen and oxygen atoms in total. The summed E-state index contributed by atoms with van der Waals surface area (Å²) < 4.78 is 0. The van der Waals surface area contributed by atoms with Gasteiger partial charge < -0.3 is 15.2 Å². The van der Waals surface area contributed by atoms with E-state index in [9.17, 15) is 9.59 Å². The number of nitrogens with one attached hydrogen (secondary N) is 3. The van der Waals surface area contributed by atoms with Crippen molar-refractivity contribution in [2.75, 3.05) is 24.5 Å². The van der Waals surface area contributed by atoms with Crippen molar-refractivity contribution in [3.8, 4) is 0 Å². The van der Waals surface area contributed by atoms with Crippen molar-refractivity contribution >= 4 is 17.3 Å². The molecule has 30 heavy (non-hydrogen) atoms. The molecule has 0 aliphatic carbocycles. The quantitative estimate of drug-likeness (QED) is 0.544. The maximum atomic E-state index is 11.8. The molecule has 1 aromatic heterocycles. The molecule has 7 heteroatoms. The van der Waals surface area contributed by atoms with Crippen LogP contribution in [0, 0.1) is 11.8 Å². The fraction of sp³-hybridized carbons (Fsp3) is 0.304. The first-order valence-electron chi connectivity index (χ1n) is 10.1. The van der Waals surface area contributed by atoms with E-state index < -0.39 is 11.2 Å². The lowest BCUT2D eigenvalue weighted by molar-refractivity contribution is 0.412. The number of anilines is 1. The number of hydrogen-bond donors (Lipinski definition) is 3. The van der Waals surface area contributed by atoms with Crippen molar-refractivity contribution in [2.45, 2.75) is 13.0 Å². The lowest BCUT2D eigenvalue weighted by Gasteiger charge is -2.30. The predicted molar refractivity (Wildman–Crippen MR) is 120 cm³/mol. The number of halogens is 1. The smallest absolute Gasteiger partial charge is 0.325 e. The van der Waals surface area contributed by atoms with Crippen LogP contribution in [0.2, 0.25) is 5.02 Å². The molecule has 1 fully saturated rings. The molecular weight excluding hydrogens is 400 g/mol. The first-order chi connectivity index (χ1) is 14.6. The molecule has 0 unspecified atom stereocenters. The minimum atomic E-state index is -0.488. The van der Waals surface area contributed by atoms with Crippen LogP contribution in [0.3, 0.4) is 0 Å². The molecule has 0 bridgehead atoms. The maximum absolute atomic E-state index is 11.8. The zero-order chi connectivity index (χ0) is 20.9. The van der Waals surface area contributed by atoms with Gasteiger partial charge in [-0.1, -0.05) is 41.9 Å². The molecule has 0 saturated carbocycles. The van der Waals surface area contributed by atoms with Crippen molar-refractivity contribution in [3.63, 3.8) is 0 Å². The summed E-state index contributed by atoms with van der Waals surface area (Å²) in [5, 5.41) is 4.20. The largest absolute Gasteiger partial charge is 0.365 e. The predicted octanol–water partition coefficient (Wildman–Crippen LogP) is 2.80. The fourth-order valence-electron chi connectivity index (χ4n) is 4.16. The van der Waals surface area contributed by atoms with Crippen LogP contribution in [-0.4, -0.2) is 29.6 Å². The van der Waals surface area contributed by atoms with Crippen molar-refractivity contribution < 1.29 is 0 Å². The van der Waals surface area contributed by atoms with Gasteiger partial charge in [-0.3, -0.25) is 9.78 Å². The molecule has 3 aromatic rings. The Kier molecular flexibility index (Phi) is 6.35. The Morgan fingerprint density at radius 1 is 0.933 bits per heavy atom. The van der Waals surface area contributed by atoms with Gasteiger partial charge in [0.15, 0.2) is 0 Å². The summed E-state index contributed by atoms with van der Waals surface area (Å²) in [7, 11) is 0. The Balaban J connectivity index is 1.56. The van der Waals surface area contributed by atoms with Crippen LogP contribution in [0.5, 0.6) is 0 Å². The molecule has 2 heterocycles. The van der Waals surface area contributed by atoms with Gasteiger partial charge in [0.1, 0.15) is 0 Å². The van der Waals surface area contributed by atoms with Crippen LogP contribution in [0.25, 0.3) is 0 Å². The molecule has 1 aliphatic rings. The van der Waals surface area contributed by atoms with Crippen LogP contribution in [0.15, 0.2) is 70.3 Å². The molecule has 0 amide bonds. The van der Waals surface area contributed by atoms with E-state index in [0.717, 1.165) is 31.7 Å². The van der Waals surface area contributed by atoms with Crippen LogP contribution >= 0.6 is 11.6 Å². The van der Waals surface area contributed by atoms with E-state index in [-0.39, 0.29) is 0 Å². The Labute approximate surface area is 179 Å². The van der Waals surface area contributed by atoms with Crippen LogP contribution in [-0.2, 0) is 13.0 Å². The average molecular weight is 425 g/mol. The molecule has 2 aromatic carbocycles. The number of aromatic nitrogens is 2. The molecular formula is C23H25ClN4O2. The topological polar surface area (TPSA) is 81.0 Å². The standard InChI is InChI=1S/C23H25ClN4O2/c24-19-6-8-21(9-7-19)28(15-20-11-22(29)27-23(30)26-20)14-18-13-25-12-17(18)10-16-4-2-1-3-5-16/h1-9,11,17-18,25H,10,12-15H2,(H2,26,27,29,30)/t17-,18+/m0/s1. The van der Waals surface area contributed by atoms with E-state index in [2.05, 4.69) is 44.5 Å². The van der Waals surface area contributed by atoms with Gasteiger partial charge in [-0.25, -0.2) is 4.79 Å². The monoisotopic (exact) mass is 424 g/mol. The number of rotatable bonds is 7. The Hall–Kier alpha value is -2.83. The van der Waals surface area contributed by atoms with Gasteiger partial charge in [0.2, 0.25) is 0 Å². The average Bonchev–Trinajstić information content (AvgIpc) is 3.15. The lowest BCUT2D eigenvalue weighted by Crippen LogP contribution is -2.35. The second-order valence-electron chi connectivity index (χ2n) is 7.84. The number of nitrogens with zero attached hydrogens (tertiary/aromatic N) is 1. The minimum absolute atomic E-state index is 0.394. The molecule has 4 rings (SSSR count). The van der Waals surface area contributed by atoms with Gasteiger partial charge in [-0.15, -0.1) is 0 Å². The zero-order valence-corrected chi connectivity index (χ0v) is 17.4. The lowest BCUT2D eigenvalue weighted by atomic mass is 9.89. The summed E-state index contributed by atoms with van der Waals surface area (Å²) in [6.07, 6.45) is 1.02. The second kappa shape index (κ2) is 9.32. The van der Waals surface area contributed by atoms with Crippen molar-refractivity contribution in [1.29, 1.82) is 0 Å². The second-order valence-corrected chi connectivity index (χ2v) is 8.27. The van der Waals surface area contributed by atoms with Gasteiger partial charge in [0.25, 0.3) is 5.56 Å². The van der Waals surface area contributed by atoms with E-state index in [0.29, 0.717) is 29.1 Å². The summed E-state index contributed by atoms with van der Waals surface area (Å²) >= 11 is 6.08. The highest BCUT2D eigenvalue weighted by molar-refractivity contribution is 6.30. The van der Waals surface area contributed by atoms with Crippen LogP contribution in [0.4, 0.5) is 5.69 Å². The van der Waals surface area contributed by atoms with Crippen LogP contribution in [0.1, 0.15) is 11.3 Å². The number of hydrogen-bond acceptors (Lipinski definition) is 4. The Morgan fingerprint density at radius 2 is 1.67 bits per heavy atom. The van der Waals surface area contributed by atoms with Gasteiger partial charge in [-0.2, -0.15) is 0 Å². The van der Waals surface area contributed by atoms with E-state index in [4.69, 9.17) is 11.6 Å². The summed E-state index contributed by atoms with van der Waals surface area (Å²) in [5.74, 6) is 0.954. The molecule has 1 saturated heterocycles. The third-order valence-corrected chi connectivity index (χ3v) is 5.90. The summed E-state index contributed by atoms with van der Waals surface area (Å²) in [4.78, 5) is 30.6. The van der Waals surface area contributed by atoms with Crippen LogP contribution < -0.4 is 21.5 Å². The van der Waals surface area contributed by atoms with Crippen molar-refractivity contribution in [2.24, 2.45) is 11.8 Å². The SMILES string of the molecule is O=c1cc(CN(C[C@H]2CNC[C@@H]2Cc2ccccc2)c2ccc(Cl)cc2)[nH]c(=O)[nH]1. The maximum Gasteiger partial charge on any atom is 0.325 e. The van der Waals surface area contributed by atoms with Crippen molar-refractivity contribution in [3.05, 3.63) is 97.8 Å². The molecule has 1 aliphatic heterocycles. The Bertz CT molecular complexity index is 1050.